The minimum atomic E-state index is -1.57. The molecular formula is C70H135NO8. The van der Waals surface area contributed by atoms with Gasteiger partial charge in [0.05, 0.1) is 25.4 Å². The van der Waals surface area contributed by atoms with E-state index in [-0.39, 0.29) is 12.5 Å². The maximum absolute atomic E-state index is 13.1. The molecule has 1 fully saturated rings. The van der Waals surface area contributed by atoms with Crippen LogP contribution in [0.3, 0.4) is 0 Å². The van der Waals surface area contributed by atoms with Gasteiger partial charge in [-0.2, -0.15) is 0 Å². The molecular weight excluding hydrogens is 983 g/mol. The van der Waals surface area contributed by atoms with Gasteiger partial charge in [-0.15, -0.1) is 0 Å². The van der Waals surface area contributed by atoms with E-state index in [0.29, 0.717) is 6.42 Å². The van der Waals surface area contributed by atoms with Gasteiger partial charge in [0.25, 0.3) is 0 Å². The Morgan fingerprint density at radius 3 is 1.06 bits per heavy atom. The van der Waals surface area contributed by atoms with Crippen molar-refractivity contribution in [2.75, 3.05) is 13.2 Å². The molecule has 0 aromatic rings. The van der Waals surface area contributed by atoms with E-state index >= 15 is 0 Å². The van der Waals surface area contributed by atoms with Gasteiger partial charge in [0.2, 0.25) is 5.91 Å². The van der Waals surface area contributed by atoms with Crippen LogP contribution in [0.25, 0.3) is 0 Å². The summed E-state index contributed by atoms with van der Waals surface area (Å²) in [7, 11) is 0. The van der Waals surface area contributed by atoms with Crippen LogP contribution in [0.5, 0.6) is 0 Å². The summed E-state index contributed by atoms with van der Waals surface area (Å²) in [4.78, 5) is 13.1. The molecule has 7 unspecified atom stereocenters. The van der Waals surface area contributed by atoms with Gasteiger partial charge in [0, 0.05) is 6.42 Å². The Labute approximate surface area is 489 Å². The van der Waals surface area contributed by atoms with Crippen molar-refractivity contribution in [1.29, 1.82) is 0 Å². The van der Waals surface area contributed by atoms with Crippen molar-refractivity contribution in [3.8, 4) is 0 Å². The molecule has 1 saturated heterocycles. The van der Waals surface area contributed by atoms with E-state index in [9.17, 15) is 30.3 Å². The largest absolute Gasteiger partial charge is 0.394 e. The number of rotatable bonds is 62. The Bertz CT molecular complexity index is 1300. The number of aliphatic hydroxyl groups is 5. The highest BCUT2D eigenvalue weighted by molar-refractivity contribution is 5.76. The fraction of sp³-hybridized carbons (Fsp3) is 0.929. The van der Waals surface area contributed by atoms with Gasteiger partial charge in [-0.3, -0.25) is 4.79 Å². The van der Waals surface area contributed by atoms with Crippen LogP contribution in [0.4, 0.5) is 0 Å². The molecule has 0 saturated carbocycles. The summed E-state index contributed by atoms with van der Waals surface area (Å²) >= 11 is 0. The van der Waals surface area contributed by atoms with Crippen molar-refractivity contribution in [2.24, 2.45) is 0 Å². The number of aliphatic hydroxyl groups excluding tert-OH is 5. The lowest BCUT2D eigenvalue weighted by Crippen LogP contribution is -2.60. The van der Waals surface area contributed by atoms with Crippen LogP contribution in [0, 0.1) is 0 Å². The van der Waals surface area contributed by atoms with Gasteiger partial charge >= 0.3 is 0 Å². The molecule has 0 bridgehead atoms. The van der Waals surface area contributed by atoms with E-state index in [2.05, 4.69) is 31.3 Å². The number of ether oxygens (including phenoxy) is 2. The van der Waals surface area contributed by atoms with Crippen LogP contribution in [0.2, 0.25) is 0 Å². The number of amides is 1. The molecule has 1 heterocycles. The van der Waals surface area contributed by atoms with E-state index in [1.54, 1.807) is 6.08 Å². The monoisotopic (exact) mass is 1120 g/mol. The molecule has 9 heteroatoms. The van der Waals surface area contributed by atoms with Crippen LogP contribution in [0.15, 0.2) is 24.3 Å². The molecule has 0 aromatic heterocycles. The second-order valence-electron chi connectivity index (χ2n) is 24.7. The van der Waals surface area contributed by atoms with Gasteiger partial charge in [-0.1, -0.05) is 346 Å². The van der Waals surface area contributed by atoms with Crippen molar-refractivity contribution >= 4 is 5.91 Å². The van der Waals surface area contributed by atoms with E-state index in [1.807, 2.05) is 6.08 Å². The second kappa shape index (κ2) is 59.8. The summed E-state index contributed by atoms with van der Waals surface area (Å²) in [6, 6.07) is -0.820. The highest BCUT2D eigenvalue weighted by Crippen LogP contribution is 2.23. The molecule has 1 amide bonds. The molecule has 0 radical (unpaired) electrons. The number of carbonyl (C=O) groups is 1. The van der Waals surface area contributed by atoms with Crippen molar-refractivity contribution in [3.63, 3.8) is 0 Å². The van der Waals surface area contributed by atoms with Gasteiger partial charge in [-0.25, -0.2) is 0 Å². The van der Waals surface area contributed by atoms with Crippen molar-refractivity contribution in [1.82, 2.24) is 5.32 Å². The lowest BCUT2D eigenvalue weighted by molar-refractivity contribution is -0.302. The topological polar surface area (TPSA) is 149 Å². The molecule has 1 aliphatic heterocycles. The molecule has 468 valence electrons. The zero-order chi connectivity index (χ0) is 57.2. The number of allylic oxidation sites excluding steroid dienone is 3. The van der Waals surface area contributed by atoms with Crippen LogP contribution in [-0.4, -0.2) is 87.5 Å². The number of nitrogens with one attached hydrogen (secondary N) is 1. The van der Waals surface area contributed by atoms with Crippen molar-refractivity contribution in [2.45, 2.75) is 403 Å². The van der Waals surface area contributed by atoms with Gasteiger partial charge in [-0.05, 0) is 32.1 Å². The number of unbranched alkanes of at least 4 members (excludes halogenated alkanes) is 50. The van der Waals surface area contributed by atoms with Crippen molar-refractivity contribution < 1.29 is 39.8 Å². The van der Waals surface area contributed by atoms with Crippen LogP contribution < -0.4 is 5.32 Å². The molecule has 7 atom stereocenters. The fourth-order valence-electron chi connectivity index (χ4n) is 11.5. The third kappa shape index (κ3) is 48.7. The maximum atomic E-state index is 13.1. The summed E-state index contributed by atoms with van der Waals surface area (Å²) in [5, 5.41) is 54.7. The first-order chi connectivity index (χ1) is 38.8. The molecule has 1 aliphatic rings. The predicted octanol–water partition coefficient (Wildman–Crippen LogP) is 18.9. The quantitative estimate of drug-likeness (QED) is 0.0261. The Balaban J connectivity index is 2.13. The predicted molar refractivity (Wildman–Crippen MR) is 337 cm³/mol. The van der Waals surface area contributed by atoms with Crippen LogP contribution in [0.1, 0.15) is 361 Å². The Morgan fingerprint density at radius 1 is 0.418 bits per heavy atom. The highest BCUT2D eigenvalue weighted by Gasteiger charge is 2.44. The lowest BCUT2D eigenvalue weighted by atomic mass is 9.99. The van der Waals surface area contributed by atoms with Crippen LogP contribution in [-0.2, 0) is 14.3 Å². The maximum Gasteiger partial charge on any atom is 0.220 e. The fourth-order valence-corrected chi connectivity index (χ4v) is 11.5. The van der Waals surface area contributed by atoms with Crippen molar-refractivity contribution in [3.05, 3.63) is 24.3 Å². The first kappa shape index (κ1) is 75.7. The molecule has 0 aromatic carbocycles. The second-order valence-corrected chi connectivity index (χ2v) is 24.7. The lowest BCUT2D eigenvalue weighted by Gasteiger charge is -2.40. The Kier molecular flexibility index (Phi) is 57.3. The summed E-state index contributed by atoms with van der Waals surface area (Å²) in [6.45, 7) is 3.82. The van der Waals surface area contributed by atoms with E-state index in [1.165, 1.54) is 302 Å². The summed E-state index contributed by atoms with van der Waals surface area (Å²) in [5.74, 6) is -0.178. The Morgan fingerprint density at radius 2 is 0.722 bits per heavy atom. The molecule has 0 aliphatic carbocycles. The molecule has 1 rings (SSSR count). The third-order valence-corrected chi connectivity index (χ3v) is 17.0. The Hall–Kier alpha value is -1.33. The summed E-state index contributed by atoms with van der Waals surface area (Å²) in [5.41, 5.74) is 0. The standard InChI is InChI=1S/C70H135NO8/c1-3-5-7-9-11-13-15-17-19-21-23-25-27-28-29-30-31-32-33-34-35-36-38-39-41-43-45-47-49-51-53-55-57-59-64(73)63(62-78-70-69(77)68(76)67(75)65(61-72)79-70)71-66(74)60-58-56-54-52-50-48-46-44-42-40-37-26-24-22-20-18-16-14-12-10-8-6-4-2/h49,51,57,59,63-65,67-70,72-73,75-77H,3-48,50,52-56,58,60-62H2,1-2H3,(H,71,74)/b51-49+,59-57+. The van der Waals surface area contributed by atoms with Gasteiger partial charge in [0.1, 0.15) is 24.4 Å². The summed E-state index contributed by atoms with van der Waals surface area (Å²) in [6.07, 6.45) is 71.5. The first-order valence-electron chi connectivity index (χ1n) is 35.1. The van der Waals surface area contributed by atoms with E-state index in [0.717, 1.165) is 38.5 Å². The number of carbonyl (C=O) groups excluding carboxylic acids is 1. The molecule has 0 spiro atoms. The highest BCUT2D eigenvalue weighted by atomic mass is 16.7. The number of hydrogen-bond donors (Lipinski definition) is 6. The third-order valence-electron chi connectivity index (χ3n) is 17.0. The number of hydrogen-bond acceptors (Lipinski definition) is 8. The average molecular weight is 1120 g/mol. The summed E-state index contributed by atoms with van der Waals surface area (Å²) < 4.78 is 11.3. The molecule has 9 nitrogen and oxygen atoms in total. The SMILES string of the molecule is CCCCCCCCCCCCCCCCCCCCCCCCCCCCC/C=C/CC/C=C/C(O)C(COC1OC(CO)C(O)C(O)C1O)NC(=O)CCCCCCCCCCCCCCCCCCCCCCCCC. The smallest absolute Gasteiger partial charge is 0.220 e. The minimum absolute atomic E-state index is 0.178. The van der Waals surface area contributed by atoms with Gasteiger partial charge in [0.15, 0.2) is 6.29 Å². The zero-order valence-electron chi connectivity index (χ0n) is 52.4. The van der Waals surface area contributed by atoms with E-state index < -0.39 is 49.5 Å². The minimum Gasteiger partial charge on any atom is -0.394 e. The van der Waals surface area contributed by atoms with Crippen LogP contribution >= 0.6 is 0 Å². The zero-order valence-corrected chi connectivity index (χ0v) is 52.4. The molecule has 6 N–H and O–H groups in total. The first-order valence-corrected chi connectivity index (χ1v) is 35.1. The van der Waals surface area contributed by atoms with Gasteiger partial charge < -0.3 is 40.3 Å². The molecule has 79 heavy (non-hydrogen) atoms. The average Bonchev–Trinajstić information content (AvgIpc) is 3.47. The normalized spacial score (nSPS) is 18.6. The van der Waals surface area contributed by atoms with E-state index in [4.69, 9.17) is 9.47 Å².